The molecule has 2 atom stereocenters. The zero-order valence-corrected chi connectivity index (χ0v) is 11.5. The normalized spacial score (nSPS) is 26.2. The third-order valence-corrected chi connectivity index (χ3v) is 4.63. The lowest BCUT2D eigenvalue weighted by molar-refractivity contribution is 0.313. The van der Waals surface area contributed by atoms with Crippen molar-refractivity contribution in [1.29, 1.82) is 0 Å². The van der Waals surface area contributed by atoms with E-state index >= 15 is 0 Å². The van der Waals surface area contributed by atoms with Crippen molar-refractivity contribution in [2.75, 3.05) is 20.1 Å². The predicted octanol–water partition coefficient (Wildman–Crippen LogP) is 2.71. The van der Waals surface area contributed by atoms with Crippen molar-refractivity contribution in [1.82, 2.24) is 4.90 Å². The molecule has 1 aromatic rings. The minimum Gasteiger partial charge on any atom is -0.330 e. The molecule has 1 heterocycles. The van der Waals surface area contributed by atoms with Gasteiger partial charge in [-0.15, -0.1) is 0 Å². The maximum absolute atomic E-state index is 5.77. The van der Waals surface area contributed by atoms with Gasteiger partial charge in [-0.25, -0.2) is 0 Å². The molecule has 0 bridgehead atoms. The van der Waals surface area contributed by atoms with Gasteiger partial charge in [0.25, 0.3) is 0 Å². The fourth-order valence-electron chi connectivity index (χ4n) is 2.57. The Balaban J connectivity index is 2.28. The molecule has 0 spiro atoms. The van der Waals surface area contributed by atoms with Gasteiger partial charge in [-0.05, 0) is 44.0 Å². The Morgan fingerprint density at radius 2 is 2.25 bits per heavy atom. The molecule has 0 saturated carbocycles. The highest BCUT2D eigenvalue weighted by Crippen LogP contribution is 2.38. The molecular formula is C13H19BrN2. The van der Waals surface area contributed by atoms with E-state index in [4.69, 9.17) is 5.73 Å². The topological polar surface area (TPSA) is 29.3 Å². The molecule has 0 aromatic heterocycles. The summed E-state index contributed by atoms with van der Waals surface area (Å²) in [5.74, 6) is 0.641. The summed E-state index contributed by atoms with van der Waals surface area (Å²) in [4.78, 5) is 2.41. The number of hydrogen-bond acceptors (Lipinski definition) is 2. The fraction of sp³-hybridized carbons (Fsp3) is 0.538. The molecule has 1 aliphatic rings. The summed E-state index contributed by atoms with van der Waals surface area (Å²) in [6.45, 7) is 4.05. The maximum Gasteiger partial charge on any atom is 0.0360 e. The summed E-state index contributed by atoms with van der Waals surface area (Å²) in [7, 11) is 2.19. The van der Waals surface area contributed by atoms with E-state index in [0.717, 1.165) is 13.1 Å². The highest BCUT2D eigenvalue weighted by molar-refractivity contribution is 9.10. The van der Waals surface area contributed by atoms with E-state index < -0.39 is 0 Å². The van der Waals surface area contributed by atoms with Crippen LogP contribution >= 0.6 is 15.9 Å². The molecule has 0 radical (unpaired) electrons. The number of rotatable bonds is 2. The van der Waals surface area contributed by atoms with Crippen molar-refractivity contribution in [2.45, 2.75) is 19.4 Å². The number of hydrogen-bond donors (Lipinski definition) is 1. The van der Waals surface area contributed by atoms with Crippen LogP contribution in [-0.4, -0.2) is 25.0 Å². The first kappa shape index (κ1) is 12.1. The van der Waals surface area contributed by atoms with Crippen molar-refractivity contribution >= 4 is 15.9 Å². The minimum absolute atomic E-state index is 0.517. The third kappa shape index (κ3) is 2.17. The molecule has 2 rings (SSSR count). The second kappa shape index (κ2) is 4.86. The minimum atomic E-state index is 0.517. The molecular weight excluding hydrogens is 264 g/mol. The molecule has 2 unspecified atom stereocenters. The Kier molecular flexibility index (Phi) is 3.67. The van der Waals surface area contributed by atoms with E-state index in [1.807, 2.05) is 0 Å². The van der Waals surface area contributed by atoms with Crippen molar-refractivity contribution in [3.63, 3.8) is 0 Å². The molecule has 1 aromatic carbocycles. The molecule has 1 saturated heterocycles. The highest BCUT2D eigenvalue weighted by Gasteiger charge is 2.30. The molecule has 0 aliphatic carbocycles. The van der Waals surface area contributed by atoms with Crippen LogP contribution in [0.4, 0.5) is 0 Å². The molecule has 0 amide bonds. The molecule has 1 aliphatic heterocycles. The zero-order chi connectivity index (χ0) is 11.7. The first-order valence-corrected chi connectivity index (χ1v) is 6.58. The lowest BCUT2D eigenvalue weighted by atomic mass is 9.99. The van der Waals surface area contributed by atoms with Gasteiger partial charge in [-0.3, -0.25) is 4.90 Å². The van der Waals surface area contributed by atoms with E-state index in [9.17, 15) is 0 Å². The van der Waals surface area contributed by atoms with E-state index in [-0.39, 0.29) is 0 Å². The zero-order valence-electron chi connectivity index (χ0n) is 9.91. The predicted molar refractivity (Wildman–Crippen MR) is 71.4 cm³/mol. The number of nitrogens with two attached hydrogens (primary N) is 1. The van der Waals surface area contributed by atoms with Crippen molar-refractivity contribution in [3.05, 3.63) is 33.8 Å². The quantitative estimate of drug-likeness (QED) is 0.904. The lowest BCUT2D eigenvalue weighted by Gasteiger charge is -2.21. The second-order valence-corrected chi connectivity index (χ2v) is 5.56. The van der Waals surface area contributed by atoms with Crippen LogP contribution in [0.5, 0.6) is 0 Å². The van der Waals surface area contributed by atoms with Gasteiger partial charge in [0.15, 0.2) is 0 Å². The maximum atomic E-state index is 5.77. The Morgan fingerprint density at radius 1 is 1.50 bits per heavy atom. The van der Waals surface area contributed by atoms with Crippen LogP contribution in [-0.2, 0) is 0 Å². The van der Waals surface area contributed by atoms with Crippen molar-refractivity contribution in [3.8, 4) is 0 Å². The van der Waals surface area contributed by atoms with Gasteiger partial charge in [-0.2, -0.15) is 0 Å². The Bertz CT molecular complexity index is 378. The van der Waals surface area contributed by atoms with Gasteiger partial charge in [0.2, 0.25) is 0 Å². The van der Waals surface area contributed by atoms with Crippen LogP contribution < -0.4 is 5.73 Å². The van der Waals surface area contributed by atoms with Gasteiger partial charge < -0.3 is 5.73 Å². The number of likely N-dealkylation sites (tertiary alicyclic amines) is 1. The largest absolute Gasteiger partial charge is 0.330 e. The van der Waals surface area contributed by atoms with Crippen LogP contribution in [0.1, 0.15) is 23.6 Å². The monoisotopic (exact) mass is 282 g/mol. The SMILES string of the molecule is Cc1cccc(C2CC(CN)CN2C)c1Br. The van der Waals surface area contributed by atoms with Gasteiger partial charge in [0.05, 0.1) is 0 Å². The first-order valence-electron chi connectivity index (χ1n) is 5.78. The smallest absolute Gasteiger partial charge is 0.0360 e. The van der Waals surface area contributed by atoms with Gasteiger partial charge in [0.1, 0.15) is 0 Å². The molecule has 3 heteroatoms. The van der Waals surface area contributed by atoms with Crippen LogP contribution in [0.3, 0.4) is 0 Å². The van der Waals surface area contributed by atoms with Crippen LogP contribution in [0.2, 0.25) is 0 Å². The highest BCUT2D eigenvalue weighted by atomic mass is 79.9. The van der Waals surface area contributed by atoms with Crippen LogP contribution in [0.25, 0.3) is 0 Å². The average molecular weight is 283 g/mol. The summed E-state index contributed by atoms with van der Waals surface area (Å²) in [6.07, 6.45) is 1.18. The first-order chi connectivity index (χ1) is 7.63. The van der Waals surface area contributed by atoms with E-state index in [0.29, 0.717) is 12.0 Å². The molecule has 1 fully saturated rings. The number of benzene rings is 1. The summed E-state index contributed by atoms with van der Waals surface area (Å²) in [6, 6.07) is 7.02. The van der Waals surface area contributed by atoms with Gasteiger partial charge in [-0.1, -0.05) is 34.1 Å². The number of nitrogens with zero attached hydrogens (tertiary/aromatic N) is 1. The van der Waals surface area contributed by atoms with Crippen LogP contribution in [0.15, 0.2) is 22.7 Å². The second-order valence-electron chi connectivity index (χ2n) is 4.77. The Morgan fingerprint density at radius 3 is 2.88 bits per heavy atom. The molecule has 16 heavy (non-hydrogen) atoms. The van der Waals surface area contributed by atoms with E-state index in [1.165, 1.54) is 22.0 Å². The van der Waals surface area contributed by atoms with Crippen molar-refractivity contribution < 1.29 is 0 Å². The summed E-state index contributed by atoms with van der Waals surface area (Å²) < 4.78 is 1.25. The van der Waals surface area contributed by atoms with E-state index in [1.54, 1.807) is 0 Å². The van der Waals surface area contributed by atoms with Gasteiger partial charge in [0, 0.05) is 17.1 Å². The summed E-state index contributed by atoms with van der Waals surface area (Å²) in [5.41, 5.74) is 8.47. The number of halogens is 1. The standard InChI is InChI=1S/C13H19BrN2/c1-9-4-3-5-11(13(9)14)12-6-10(7-15)8-16(12)2/h3-5,10,12H,6-8,15H2,1-2H3. The third-order valence-electron chi connectivity index (χ3n) is 3.55. The fourth-order valence-corrected chi connectivity index (χ4v) is 3.10. The molecule has 88 valence electrons. The molecule has 2 nitrogen and oxygen atoms in total. The van der Waals surface area contributed by atoms with Crippen molar-refractivity contribution in [2.24, 2.45) is 11.7 Å². The Hall–Kier alpha value is -0.380. The van der Waals surface area contributed by atoms with Crippen LogP contribution in [0, 0.1) is 12.8 Å². The summed E-state index contributed by atoms with van der Waals surface area (Å²) in [5, 5.41) is 0. The average Bonchev–Trinajstić information content (AvgIpc) is 2.64. The summed E-state index contributed by atoms with van der Waals surface area (Å²) >= 11 is 3.70. The number of aryl methyl sites for hydroxylation is 1. The van der Waals surface area contributed by atoms with E-state index in [2.05, 4.69) is 53.0 Å². The Labute approximate surface area is 106 Å². The molecule has 2 N–H and O–H groups in total. The lowest BCUT2D eigenvalue weighted by Crippen LogP contribution is -2.20. The van der Waals surface area contributed by atoms with Gasteiger partial charge >= 0.3 is 0 Å².